The molecule has 9 heteroatoms. The molecule has 0 amide bonds. The molecule has 2 rings (SSSR count). The maximum atomic E-state index is 12.1. The third-order valence-corrected chi connectivity index (χ3v) is 7.31. The molecule has 1 aromatic rings. The molecule has 0 bridgehead atoms. The first-order valence-electron chi connectivity index (χ1n) is 5.85. The van der Waals surface area contributed by atoms with Crippen LogP contribution < -0.4 is 4.72 Å². The van der Waals surface area contributed by atoms with E-state index in [2.05, 4.69) is 20.7 Å². The van der Waals surface area contributed by atoms with Gasteiger partial charge in [-0.2, -0.15) is 0 Å². The van der Waals surface area contributed by atoms with E-state index in [9.17, 15) is 16.8 Å². The highest BCUT2D eigenvalue weighted by Gasteiger charge is 2.29. The van der Waals surface area contributed by atoms with E-state index in [1.165, 1.54) is 12.1 Å². The summed E-state index contributed by atoms with van der Waals surface area (Å²) in [5, 5.41) is 0.117. The average Bonchev–Trinajstić information content (AvgIpc) is 2.66. The zero-order valence-electron chi connectivity index (χ0n) is 10.3. The van der Waals surface area contributed by atoms with Crippen LogP contribution in [0.5, 0.6) is 0 Å². The van der Waals surface area contributed by atoms with Gasteiger partial charge < -0.3 is 0 Å². The number of benzene rings is 1. The molecule has 1 N–H and O–H groups in total. The van der Waals surface area contributed by atoms with E-state index in [0.717, 1.165) is 0 Å². The lowest BCUT2D eigenvalue weighted by molar-refractivity contribution is 0.543. The van der Waals surface area contributed by atoms with E-state index in [4.69, 9.17) is 11.6 Å². The first-order valence-corrected chi connectivity index (χ1v) is 10.3. The van der Waals surface area contributed by atoms with Crippen molar-refractivity contribution in [3.05, 3.63) is 27.7 Å². The van der Waals surface area contributed by atoms with Crippen molar-refractivity contribution in [3.8, 4) is 0 Å². The van der Waals surface area contributed by atoms with Gasteiger partial charge in [0.15, 0.2) is 9.84 Å². The van der Waals surface area contributed by atoms with Crippen molar-refractivity contribution in [3.63, 3.8) is 0 Å². The highest BCUT2D eigenvalue weighted by molar-refractivity contribution is 9.10. The van der Waals surface area contributed by atoms with Gasteiger partial charge in [-0.05, 0) is 30.5 Å². The van der Waals surface area contributed by atoms with Crippen LogP contribution >= 0.6 is 27.5 Å². The molecule has 1 aliphatic heterocycles. The largest absolute Gasteiger partial charge is 0.242 e. The van der Waals surface area contributed by atoms with Gasteiger partial charge in [0.25, 0.3) is 0 Å². The number of halogens is 2. The van der Waals surface area contributed by atoms with Crippen LogP contribution in [0, 0.1) is 5.92 Å². The second-order valence-electron chi connectivity index (χ2n) is 4.70. The normalized spacial score (nSPS) is 22.0. The third kappa shape index (κ3) is 3.94. The second kappa shape index (κ2) is 5.92. The first-order chi connectivity index (χ1) is 9.20. The van der Waals surface area contributed by atoms with Crippen LogP contribution in [-0.2, 0) is 19.9 Å². The topological polar surface area (TPSA) is 80.3 Å². The zero-order valence-corrected chi connectivity index (χ0v) is 14.3. The molecule has 1 aromatic carbocycles. The molecule has 1 atom stereocenters. The van der Waals surface area contributed by atoms with Crippen molar-refractivity contribution in [1.82, 2.24) is 4.72 Å². The van der Waals surface area contributed by atoms with Gasteiger partial charge in [0.1, 0.15) is 4.90 Å². The Labute approximate surface area is 131 Å². The number of rotatable bonds is 4. The lowest BCUT2D eigenvalue weighted by Crippen LogP contribution is -2.30. The summed E-state index contributed by atoms with van der Waals surface area (Å²) in [4.78, 5) is -0.0109. The molecule has 5 nitrogen and oxygen atoms in total. The molecule has 1 heterocycles. The van der Waals surface area contributed by atoms with Gasteiger partial charge in [0, 0.05) is 11.0 Å². The van der Waals surface area contributed by atoms with E-state index in [1.807, 2.05) is 0 Å². The van der Waals surface area contributed by atoms with Gasteiger partial charge in [0.05, 0.1) is 16.5 Å². The molecule has 1 aliphatic rings. The van der Waals surface area contributed by atoms with Gasteiger partial charge in [-0.15, -0.1) is 0 Å². The number of sulfone groups is 1. The predicted molar refractivity (Wildman–Crippen MR) is 81.1 cm³/mol. The average molecular weight is 403 g/mol. The summed E-state index contributed by atoms with van der Waals surface area (Å²) in [5.74, 6) is -0.0221. The van der Waals surface area contributed by atoms with E-state index in [1.54, 1.807) is 6.07 Å². The fourth-order valence-corrected chi connectivity index (χ4v) is 6.04. The van der Waals surface area contributed by atoms with Crippen LogP contribution in [0.25, 0.3) is 0 Å². The van der Waals surface area contributed by atoms with E-state index in [-0.39, 0.29) is 33.9 Å². The molecule has 0 radical (unpaired) electrons. The maximum Gasteiger partial charge on any atom is 0.242 e. The van der Waals surface area contributed by atoms with Crippen LogP contribution in [0.2, 0.25) is 5.02 Å². The van der Waals surface area contributed by atoms with Gasteiger partial charge in [-0.3, -0.25) is 0 Å². The molecule has 1 unspecified atom stereocenters. The predicted octanol–water partition coefficient (Wildman–Crippen LogP) is 1.82. The minimum absolute atomic E-state index is 0.0109. The van der Waals surface area contributed by atoms with E-state index in [0.29, 0.717) is 10.9 Å². The smallest absolute Gasteiger partial charge is 0.229 e. The molecule has 1 saturated heterocycles. The van der Waals surface area contributed by atoms with Crippen molar-refractivity contribution < 1.29 is 16.8 Å². The lowest BCUT2D eigenvalue weighted by Gasteiger charge is -2.11. The summed E-state index contributed by atoms with van der Waals surface area (Å²) in [7, 11) is -6.74. The van der Waals surface area contributed by atoms with Gasteiger partial charge >= 0.3 is 0 Å². The van der Waals surface area contributed by atoms with Crippen LogP contribution in [0.1, 0.15) is 6.42 Å². The van der Waals surface area contributed by atoms with Gasteiger partial charge in [-0.25, -0.2) is 21.6 Å². The Hall–Kier alpha value is -0.150. The molecule has 20 heavy (non-hydrogen) atoms. The zero-order chi connectivity index (χ0) is 15.0. The monoisotopic (exact) mass is 401 g/mol. The molecule has 0 saturated carbocycles. The first kappa shape index (κ1) is 16.2. The maximum absolute atomic E-state index is 12.1. The van der Waals surface area contributed by atoms with Crippen molar-refractivity contribution in [2.45, 2.75) is 11.3 Å². The number of sulfonamides is 1. The summed E-state index contributed by atoms with van der Waals surface area (Å²) in [6.45, 7) is 0.105. The minimum Gasteiger partial charge on any atom is -0.229 e. The Morgan fingerprint density at radius 3 is 2.65 bits per heavy atom. The van der Waals surface area contributed by atoms with Crippen molar-refractivity contribution >= 4 is 47.4 Å². The highest BCUT2D eigenvalue weighted by atomic mass is 79.9. The van der Waals surface area contributed by atoms with Crippen LogP contribution in [0.4, 0.5) is 0 Å². The Morgan fingerprint density at radius 1 is 1.40 bits per heavy atom. The SMILES string of the molecule is O=S1(=O)CCC(CNS(=O)(=O)c2ccc(Br)cc2Cl)C1. The Kier molecular flexibility index (Phi) is 4.80. The number of nitrogens with one attached hydrogen (secondary N) is 1. The third-order valence-electron chi connectivity index (χ3n) is 3.07. The summed E-state index contributed by atoms with van der Waals surface area (Å²) < 4.78 is 50.0. The number of hydrogen-bond donors (Lipinski definition) is 1. The molecule has 0 aliphatic carbocycles. The molecule has 0 aromatic heterocycles. The standard InChI is InChI=1S/C11H13BrClNO4S2/c12-9-1-2-11(10(13)5-9)20(17,18)14-6-8-3-4-19(15,16)7-8/h1-2,5,8,14H,3-4,6-7H2. The van der Waals surface area contributed by atoms with E-state index >= 15 is 0 Å². The van der Waals surface area contributed by atoms with Crippen molar-refractivity contribution in [1.29, 1.82) is 0 Å². The Bertz CT molecular complexity index is 718. The molecule has 1 fully saturated rings. The van der Waals surface area contributed by atoms with Gasteiger partial charge in [-0.1, -0.05) is 27.5 Å². The Balaban J connectivity index is 2.08. The molecule has 0 spiro atoms. The van der Waals surface area contributed by atoms with E-state index < -0.39 is 19.9 Å². The summed E-state index contributed by atoms with van der Waals surface area (Å²) in [6, 6.07) is 4.48. The van der Waals surface area contributed by atoms with Crippen LogP contribution in [0.3, 0.4) is 0 Å². The molecular weight excluding hydrogens is 390 g/mol. The number of hydrogen-bond acceptors (Lipinski definition) is 4. The fourth-order valence-electron chi connectivity index (χ4n) is 2.03. The van der Waals surface area contributed by atoms with Crippen molar-refractivity contribution in [2.75, 3.05) is 18.1 Å². The van der Waals surface area contributed by atoms with Crippen LogP contribution in [0.15, 0.2) is 27.6 Å². The van der Waals surface area contributed by atoms with Crippen LogP contribution in [-0.4, -0.2) is 34.9 Å². The minimum atomic E-state index is -3.73. The summed E-state index contributed by atoms with van der Waals surface area (Å²) in [5.41, 5.74) is 0. The molecule has 112 valence electrons. The summed E-state index contributed by atoms with van der Waals surface area (Å²) in [6.07, 6.45) is 0.485. The quantitative estimate of drug-likeness (QED) is 0.833. The Morgan fingerprint density at radius 2 is 2.10 bits per heavy atom. The van der Waals surface area contributed by atoms with Gasteiger partial charge in [0.2, 0.25) is 10.0 Å². The lowest BCUT2D eigenvalue weighted by atomic mass is 10.1. The highest BCUT2D eigenvalue weighted by Crippen LogP contribution is 2.25. The fraction of sp³-hybridized carbons (Fsp3) is 0.455. The van der Waals surface area contributed by atoms with Crippen molar-refractivity contribution in [2.24, 2.45) is 5.92 Å². The second-order valence-corrected chi connectivity index (χ2v) is 9.98. The molecular formula is C11H13BrClNO4S2. The summed E-state index contributed by atoms with van der Waals surface area (Å²) >= 11 is 9.11.